The zero-order valence-electron chi connectivity index (χ0n) is 13.4. The third-order valence-electron chi connectivity index (χ3n) is 3.48. The van der Waals surface area contributed by atoms with E-state index in [0.29, 0.717) is 18.9 Å². The number of rotatable bonds is 3. The molecule has 1 aliphatic heterocycles. The van der Waals surface area contributed by atoms with Gasteiger partial charge in [-0.15, -0.1) is 0 Å². The van der Waals surface area contributed by atoms with Gasteiger partial charge in [0.05, 0.1) is 0 Å². The fraction of sp³-hybridized carbons (Fsp3) is 0.867. The summed E-state index contributed by atoms with van der Waals surface area (Å²) < 4.78 is 5.22. The fourth-order valence-corrected chi connectivity index (χ4v) is 2.49. The van der Waals surface area contributed by atoms with Crippen molar-refractivity contribution >= 4 is 12.0 Å². The van der Waals surface area contributed by atoms with Crippen molar-refractivity contribution in [3.8, 4) is 0 Å². The molecular weight excluding hydrogens is 256 g/mol. The predicted molar refractivity (Wildman–Crippen MR) is 78.4 cm³/mol. The number of amides is 2. The van der Waals surface area contributed by atoms with Crippen LogP contribution in [0.5, 0.6) is 0 Å². The molecule has 0 spiro atoms. The van der Waals surface area contributed by atoms with E-state index in [0.717, 1.165) is 19.4 Å². The summed E-state index contributed by atoms with van der Waals surface area (Å²) in [5, 5.41) is 2.78. The first kappa shape index (κ1) is 16.8. The van der Waals surface area contributed by atoms with Gasteiger partial charge in [0.1, 0.15) is 5.60 Å². The Hall–Kier alpha value is -1.26. The van der Waals surface area contributed by atoms with E-state index in [9.17, 15) is 9.59 Å². The van der Waals surface area contributed by atoms with Crippen LogP contribution in [0.1, 0.15) is 53.9 Å². The number of ether oxygens (including phenoxy) is 1. The van der Waals surface area contributed by atoms with E-state index in [1.54, 1.807) is 0 Å². The minimum Gasteiger partial charge on any atom is -0.444 e. The van der Waals surface area contributed by atoms with Crippen LogP contribution in [0.2, 0.25) is 0 Å². The van der Waals surface area contributed by atoms with Crippen LogP contribution >= 0.6 is 0 Å². The monoisotopic (exact) mass is 284 g/mol. The molecule has 0 unspecified atom stereocenters. The summed E-state index contributed by atoms with van der Waals surface area (Å²) in [5.74, 6) is 0.745. The van der Waals surface area contributed by atoms with Crippen molar-refractivity contribution in [2.24, 2.45) is 5.92 Å². The molecule has 0 aliphatic carbocycles. The summed E-state index contributed by atoms with van der Waals surface area (Å²) in [6.45, 7) is 10.8. The third kappa shape index (κ3) is 5.39. The van der Waals surface area contributed by atoms with Crippen LogP contribution in [0, 0.1) is 5.92 Å². The normalized spacial score (nSPS) is 23.4. The zero-order chi connectivity index (χ0) is 15.3. The van der Waals surface area contributed by atoms with Crippen LogP contribution in [-0.4, -0.2) is 41.6 Å². The Morgan fingerprint density at radius 2 is 2.00 bits per heavy atom. The van der Waals surface area contributed by atoms with Gasteiger partial charge in [-0.2, -0.15) is 0 Å². The first-order valence-corrected chi connectivity index (χ1v) is 7.49. The lowest BCUT2D eigenvalue weighted by atomic mass is 9.92. The number of hydrogen-bond donors (Lipinski definition) is 1. The topological polar surface area (TPSA) is 58.6 Å². The van der Waals surface area contributed by atoms with Gasteiger partial charge in [-0.1, -0.05) is 13.8 Å². The molecule has 0 aromatic rings. The Bertz CT molecular complexity index is 350. The minimum absolute atomic E-state index is 0.0821. The van der Waals surface area contributed by atoms with Crippen molar-refractivity contribution in [3.63, 3.8) is 0 Å². The van der Waals surface area contributed by atoms with Crippen molar-refractivity contribution in [2.75, 3.05) is 13.1 Å². The van der Waals surface area contributed by atoms with Gasteiger partial charge in [0, 0.05) is 25.6 Å². The number of carbonyl (C=O) groups excluding carboxylic acids is 2. The Balaban J connectivity index is 2.53. The maximum Gasteiger partial charge on any atom is 0.407 e. The maximum atomic E-state index is 11.9. The molecule has 1 heterocycles. The molecule has 0 saturated carbocycles. The minimum atomic E-state index is -0.497. The lowest BCUT2D eigenvalue weighted by Gasteiger charge is -2.38. The Labute approximate surface area is 122 Å². The molecule has 0 bridgehead atoms. The number of hydrogen-bond acceptors (Lipinski definition) is 3. The first-order chi connectivity index (χ1) is 9.23. The van der Waals surface area contributed by atoms with Gasteiger partial charge in [-0.3, -0.25) is 4.79 Å². The molecule has 0 aromatic heterocycles. The second-order valence-electron chi connectivity index (χ2n) is 6.61. The highest BCUT2D eigenvalue weighted by Gasteiger charge is 2.29. The molecule has 116 valence electrons. The van der Waals surface area contributed by atoms with Crippen LogP contribution in [0.3, 0.4) is 0 Å². The highest BCUT2D eigenvalue weighted by atomic mass is 16.6. The van der Waals surface area contributed by atoms with E-state index >= 15 is 0 Å². The standard InChI is InChI=1S/C15H28N2O3/c1-6-13(18)17-8-7-11(2)9-12(17)10-16-14(19)20-15(3,4)5/h11-12H,6-10H2,1-5H3,(H,16,19)/t11-,12+/m0/s1. The quantitative estimate of drug-likeness (QED) is 0.866. The lowest BCUT2D eigenvalue weighted by Crippen LogP contribution is -2.51. The van der Waals surface area contributed by atoms with Gasteiger partial charge in [-0.05, 0) is 39.5 Å². The molecule has 2 amide bonds. The molecule has 2 atom stereocenters. The molecule has 0 radical (unpaired) electrons. The SMILES string of the molecule is CCC(=O)N1CC[C@H](C)C[C@@H]1CNC(=O)OC(C)(C)C. The van der Waals surface area contributed by atoms with Crippen LogP contribution in [0.4, 0.5) is 4.79 Å². The van der Waals surface area contributed by atoms with E-state index in [-0.39, 0.29) is 11.9 Å². The first-order valence-electron chi connectivity index (χ1n) is 7.49. The highest BCUT2D eigenvalue weighted by molar-refractivity contribution is 5.76. The third-order valence-corrected chi connectivity index (χ3v) is 3.48. The molecule has 1 saturated heterocycles. The summed E-state index contributed by atoms with van der Waals surface area (Å²) in [5.41, 5.74) is -0.497. The van der Waals surface area contributed by atoms with Gasteiger partial charge >= 0.3 is 6.09 Å². The summed E-state index contributed by atoms with van der Waals surface area (Å²) in [6.07, 6.45) is 2.06. The van der Waals surface area contributed by atoms with Gasteiger partial charge in [0.2, 0.25) is 5.91 Å². The largest absolute Gasteiger partial charge is 0.444 e. The predicted octanol–water partition coefficient (Wildman–Crippen LogP) is 2.55. The highest BCUT2D eigenvalue weighted by Crippen LogP contribution is 2.22. The van der Waals surface area contributed by atoms with Crippen molar-refractivity contribution < 1.29 is 14.3 Å². The summed E-state index contributed by atoms with van der Waals surface area (Å²) in [7, 11) is 0. The second-order valence-corrected chi connectivity index (χ2v) is 6.61. The van der Waals surface area contributed by atoms with Crippen LogP contribution in [0.25, 0.3) is 0 Å². The Kier molecular flexibility index (Phi) is 5.84. The maximum absolute atomic E-state index is 11.9. The number of piperidine rings is 1. The van der Waals surface area contributed by atoms with E-state index in [4.69, 9.17) is 4.74 Å². The van der Waals surface area contributed by atoms with Crippen molar-refractivity contribution in [1.82, 2.24) is 10.2 Å². The molecule has 5 nitrogen and oxygen atoms in total. The number of nitrogens with one attached hydrogen (secondary N) is 1. The molecular formula is C15H28N2O3. The number of likely N-dealkylation sites (tertiary alicyclic amines) is 1. The molecule has 20 heavy (non-hydrogen) atoms. The lowest BCUT2D eigenvalue weighted by molar-refractivity contribution is -0.135. The Morgan fingerprint density at radius 1 is 1.35 bits per heavy atom. The summed E-state index contributed by atoms with van der Waals surface area (Å²) >= 11 is 0. The summed E-state index contributed by atoms with van der Waals surface area (Å²) in [4.78, 5) is 25.5. The van der Waals surface area contributed by atoms with Crippen LogP contribution in [-0.2, 0) is 9.53 Å². The van der Waals surface area contributed by atoms with Crippen molar-refractivity contribution in [1.29, 1.82) is 0 Å². The Morgan fingerprint density at radius 3 is 2.55 bits per heavy atom. The van der Waals surface area contributed by atoms with Crippen molar-refractivity contribution in [3.05, 3.63) is 0 Å². The smallest absolute Gasteiger partial charge is 0.407 e. The van der Waals surface area contributed by atoms with E-state index < -0.39 is 11.7 Å². The molecule has 1 N–H and O–H groups in total. The number of alkyl carbamates (subject to hydrolysis) is 1. The molecule has 1 aliphatic rings. The van der Waals surface area contributed by atoms with Crippen LogP contribution in [0.15, 0.2) is 0 Å². The molecule has 1 fully saturated rings. The van der Waals surface area contributed by atoms with E-state index in [2.05, 4.69) is 12.2 Å². The van der Waals surface area contributed by atoms with Gasteiger partial charge in [-0.25, -0.2) is 4.79 Å². The van der Waals surface area contributed by atoms with Crippen molar-refractivity contribution in [2.45, 2.75) is 65.5 Å². The van der Waals surface area contributed by atoms with Gasteiger partial charge in [0.25, 0.3) is 0 Å². The van der Waals surface area contributed by atoms with Crippen LogP contribution < -0.4 is 5.32 Å². The average Bonchev–Trinajstić information content (AvgIpc) is 2.33. The molecule has 1 rings (SSSR count). The second kappa shape index (κ2) is 6.95. The van der Waals surface area contributed by atoms with E-state index in [1.807, 2.05) is 32.6 Å². The number of carbonyl (C=O) groups is 2. The summed E-state index contributed by atoms with van der Waals surface area (Å²) in [6, 6.07) is 0.0821. The number of nitrogens with zero attached hydrogens (tertiary/aromatic N) is 1. The molecule has 0 aromatic carbocycles. The van der Waals surface area contributed by atoms with Gasteiger partial charge in [0.15, 0.2) is 0 Å². The fourth-order valence-electron chi connectivity index (χ4n) is 2.49. The van der Waals surface area contributed by atoms with Gasteiger partial charge < -0.3 is 15.0 Å². The molecule has 5 heteroatoms. The van der Waals surface area contributed by atoms with E-state index in [1.165, 1.54) is 0 Å². The average molecular weight is 284 g/mol. The zero-order valence-corrected chi connectivity index (χ0v) is 13.4.